The van der Waals surface area contributed by atoms with Gasteiger partial charge in [0, 0.05) is 17.8 Å². The van der Waals surface area contributed by atoms with E-state index in [0.29, 0.717) is 24.6 Å². The topological polar surface area (TPSA) is 29.1 Å². The van der Waals surface area contributed by atoms with Gasteiger partial charge in [0.25, 0.3) is 0 Å². The standard InChI is InChI=1S/C10H15BrF3NO/c11-6-5-9(16)15-8-3-1-7(2-4-8)10(12,13)14/h7-8H,1-6H2,(H,15,16). The second-order valence-electron chi connectivity index (χ2n) is 4.10. The lowest BCUT2D eigenvalue weighted by Gasteiger charge is -2.30. The van der Waals surface area contributed by atoms with Gasteiger partial charge in [-0.05, 0) is 25.7 Å². The predicted molar refractivity (Wildman–Crippen MR) is 58.4 cm³/mol. The van der Waals surface area contributed by atoms with Crippen molar-refractivity contribution in [2.24, 2.45) is 5.92 Å². The highest BCUT2D eigenvalue weighted by atomic mass is 79.9. The average molecular weight is 302 g/mol. The van der Waals surface area contributed by atoms with Crippen LogP contribution in [0.15, 0.2) is 0 Å². The molecule has 16 heavy (non-hydrogen) atoms. The van der Waals surface area contributed by atoms with Crippen molar-refractivity contribution in [1.29, 1.82) is 0 Å². The molecule has 0 saturated heterocycles. The molecule has 1 aliphatic carbocycles. The first-order chi connectivity index (χ1) is 7.43. The van der Waals surface area contributed by atoms with Crippen LogP contribution in [0.5, 0.6) is 0 Å². The van der Waals surface area contributed by atoms with Crippen molar-refractivity contribution in [3.05, 3.63) is 0 Å². The second kappa shape index (κ2) is 5.89. The van der Waals surface area contributed by atoms with Crippen LogP contribution in [0.4, 0.5) is 13.2 Å². The van der Waals surface area contributed by atoms with E-state index in [1.165, 1.54) is 0 Å². The van der Waals surface area contributed by atoms with Crippen molar-refractivity contribution in [2.75, 3.05) is 5.33 Å². The number of hydrogen-bond acceptors (Lipinski definition) is 1. The lowest BCUT2D eigenvalue weighted by molar-refractivity contribution is -0.182. The molecule has 0 unspecified atom stereocenters. The van der Waals surface area contributed by atoms with E-state index in [9.17, 15) is 18.0 Å². The van der Waals surface area contributed by atoms with E-state index in [-0.39, 0.29) is 24.8 Å². The first-order valence-electron chi connectivity index (χ1n) is 5.35. The van der Waals surface area contributed by atoms with Gasteiger partial charge in [0.1, 0.15) is 0 Å². The number of carbonyl (C=O) groups is 1. The van der Waals surface area contributed by atoms with Gasteiger partial charge >= 0.3 is 6.18 Å². The van der Waals surface area contributed by atoms with Crippen molar-refractivity contribution in [3.63, 3.8) is 0 Å². The molecule has 2 nitrogen and oxygen atoms in total. The Hall–Kier alpha value is -0.260. The van der Waals surface area contributed by atoms with E-state index >= 15 is 0 Å². The van der Waals surface area contributed by atoms with E-state index in [4.69, 9.17) is 0 Å². The van der Waals surface area contributed by atoms with Crippen molar-refractivity contribution < 1.29 is 18.0 Å². The first-order valence-corrected chi connectivity index (χ1v) is 6.47. The average Bonchev–Trinajstić information content (AvgIpc) is 2.17. The number of rotatable bonds is 3. The molecule has 0 bridgehead atoms. The molecule has 1 rings (SSSR count). The molecule has 0 heterocycles. The normalized spacial score (nSPS) is 26.5. The summed E-state index contributed by atoms with van der Waals surface area (Å²) in [5.41, 5.74) is 0. The van der Waals surface area contributed by atoms with Crippen molar-refractivity contribution >= 4 is 21.8 Å². The summed E-state index contributed by atoms with van der Waals surface area (Å²) in [5.74, 6) is -1.27. The molecular weight excluding hydrogens is 287 g/mol. The Balaban J connectivity index is 2.30. The largest absolute Gasteiger partial charge is 0.391 e. The summed E-state index contributed by atoms with van der Waals surface area (Å²) in [4.78, 5) is 11.2. The zero-order valence-corrected chi connectivity index (χ0v) is 10.4. The third-order valence-electron chi connectivity index (χ3n) is 2.88. The Bertz CT molecular complexity index is 237. The van der Waals surface area contributed by atoms with Crippen LogP contribution in [0.2, 0.25) is 0 Å². The molecule has 6 heteroatoms. The third kappa shape index (κ3) is 4.31. The van der Waals surface area contributed by atoms with E-state index in [1.807, 2.05) is 0 Å². The van der Waals surface area contributed by atoms with Gasteiger partial charge in [0.2, 0.25) is 5.91 Å². The van der Waals surface area contributed by atoms with Crippen LogP contribution in [-0.2, 0) is 4.79 Å². The Labute approximate surface area is 101 Å². The fraction of sp³-hybridized carbons (Fsp3) is 0.900. The van der Waals surface area contributed by atoms with Gasteiger partial charge in [-0.3, -0.25) is 4.79 Å². The van der Waals surface area contributed by atoms with Gasteiger partial charge in [-0.1, -0.05) is 15.9 Å². The van der Waals surface area contributed by atoms with Gasteiger partial charge in [0.05, 0.1) is 5.92 Å². The van der Waals surface area contributed by atoms with Crippen molar-refractivity contribution in [2.45, 2.75) is 44.3 Å². The summed E-state index contributed by atoms with van der Waals surface area (Å²) >= 11 is 3.14. The molecule has 0 aromatic rings. The Morgan fingerprint density at radius 2 is 1.81 bits per heavy atom. The molecule has 0 aromatic heterocycles. The van der Waals surface area contributed by atoms with Crippen LogP contribution < -0.4 is 5.32 Å². The number of hydrogen-bond donors (Lipinski definition) is 1. The lowest BCUT2D eigenvalue weighted by Crippen LogP contribution is -2.40. The maximum atomic E-state index is 12.4. The highest BCUT2D eigenvalue weighted by molar-refractivity contribution is 9.09. The molecule has 1 aliphatic rings. The van der Waals surface area contributed by atoms with Crippen LogP contribution >= 0.6 is 15.9 Å². The number of carbonyl (C=O) groups excluding carboxylic acids is 1. The first kappa shape index (κ1) is 13.8. The third-order valence-corrected chi connectivity index (χ3v) is 3.27. The molecule has 1 N–H and O–H groups in total. The molecule has 0 atom stereocenters. The number of halogens is 4. The number of alkyl halides is 4. The Morgan fingerprint density at radius 3 is 2.25 bits per heavy atom. The fourth-order valence-electron chi connectivity index (χ4n) is 1.95. The fourth-order valence-corrected chi connectivity index (χ4v) is 2.31. The molecule has 1 amide bonds. The van der Waals surface area contributed by atoms with Crippen LogP contribution in [0, 0.1) is 5.92 Å². The summed E-state index contributed by atoms with van der Waals surface area (Å²) in [6.45, 7) is 0. The highest BCUT2D eigenvalue weighted by Crippen LogP contribution is 2.37. The summed E-state index contributed by atoms with van der Waals surface area (Å²) in [5, 5.41) is 3.34. The zero-order chi connectivity index (χ0) is 12.2. The van der Waals surface area contributed by atoms with Gasteiger partial charge in [-0.15, -0.1) is 0 Å². The van der Waals surface area contributed by atoms with Crippen LogP contribution in [0.25, 0.3) is 0 Å². The minimum absolute atomic E-state index is 0.0786. The van der Waals surface area contributed by atoms with E-state index in [2.05, 4.69) is 21.2 Å². The summed E-state index contributed by atoms with van der Waals surface area (Å²) < 4.78 is 37.1. The van der Waals surface area contributed by atoms with Crippen molar-refractivity contribution in [1.82, 2.24) is 5.32 Å². The quantitative estimate of drug-likeness (QED) is 0.798. The van der Waals surface area contributed by atoms with Gasteiger partial charge < -0.3 is 5.32 Å². The molecule has 0 aliphatic heterocycles. The maximum absolute atomic E-state index is 12.4. The molecule has 1 saturated carbocycles. The zero-order valence-electron chi connectivity index (χ0n) is 8.82. The minimum Gasteiger partial charge on any atom is -0.353 e. The van der Waals surface area contributed by atoms with Crippen LogP contribution in [0.3, 0.4) is 0 Å². The van der Waals surface area contributed by atoms with Crippen molar-refractivity contribution in [3.8, 4) is 0 Å². The Morgan fingerprint density at radius 1 is 1.25 bits per heavy atom. The predicted octanol–water partition coefficient (Wildman–Crippen LogP) is 3.01. The van der Waals surface area contributed by atoms with E-state index in [1.54, 1.807) is 0 Å². The number of amides is 1. The number of nitrogens with one attached hydrogen (secondary N) is 1. The minimum atomic E-state index is -4.08. The molecular formula is C10H15BrF3NO. The maximum Gasteiger partial charge on any atom is 0.391 e. The lowest BCUT2D eigenvalue weighted by atomic mass is 9.85. The van der Waals surface area contributed by atoms with Gasteiger partial charge in [-0.25, -0.2) is 0 Å². The monoisotopic (exact) mass is 301 g/mol. The van der Waals surface area contributed by atoms with Gasteiger partial charge in [-0.2, -0.15) is 13.2 Å². The van der Waals surface area contributed by atoms with E-state index < -0.39 is 12.1 Å². The summed E-state index contributed by atoms with van der Waals surface area (Å²) in [6, 6.07) is -0.0786. The molecule has 0 radical (unpaired) electrons. The second-order valence-corrected chi connectivity index (χ2v) is 4.89. The molecule has 1 fully saturated rings. The molecule has 0 aromatic carbocycles. The van der Waals surface area contributed by atoms with E-state index in [0.717, 1.165) is 0 Å². The molecule has 0 spiro atoms. The Kier molecular flexibility index (Phi) is 5.08. The summed E-state index contributed by atoms with van der Waals surface area (Å²) in [6.07, 6.45) is -2.59. The van der Waals surface area contributed by atoms with Crippen LogP contribution in [0.1, 0.15) is 32.1 Å². The smallest absolute Gasteiger partial charge is 0.353 e. The van der Waals surface area contributed by atoms with Gasteiger partial charge in [0.15, 0.2) is 0 Å². The SMILES string of the molecule is O=C(CCBr)NC1CCC(C(F)(F)F)CC1. The molecule has 94 valence electrons. The highest BCUT2D eigenvalue weighted by Gasteiger charge is 2.41. The summed E-state index contributed by atoms with van der Waals surface area (Å²) in [7, 11) is 0. The van der Waals surface area contributed by atoms with Crippen LogP contribution in [-0.4, -0.2) is 23.5 Å².